The zero-order valence-electron chi connectivity index (χ0n) is 9.48. The highest BCUT2D eigenvalue weighted by Crippen LogP contribution is 2.30. The maximum absolute atomic E-state index is 11.4. The molecule has 2 rings (SSSR count). The van der Waals surface area contributed by atoms with E-state index in [-0.39, 0.29) is 5.78 Å². The Morgan fingerprint density at radius 2 is 2.06 bits per heavy atom. The van der Waals surface area contributed by atoms with Crippen LogP contribution in [0.5, 0.6) is 5.75 Å². The maximum atomic E-state index is 11.4. The highest BCUT2D eigenvalue weighted by atomic mass is 16.5. The molecular formula is C14H16O2. The first-order chi connectivity index (χ1) is 7.79. The molecule has 2 nitrogen and oxygen atoms in total. The third kappa shape index (κ3) is 2.96. The van der Waals surface area contributed by atoms with Crippen molar-refractivity contribution in [2.24, 2.45) is 5.92 Å². The van der Waals surface area contributed by atoms with E-state index in [1.807, 2.05) is 37.3 Å². The molecule has 1 saturated carbocycles. The molecule has 0 N–H and O–H groups in total. The predicted molar refractivity (Wildman–Crippen MR) is 64.4 cm³/mol. The Hall–Kier alpha value is -1.57. The monoisotopic (exact) mass is 216 g/mol. The van der Waals surface area contributed by atoms with Gasteiger partial charge in [0.05, 0.1) is 6.61 Å². The van der Waals surface area contributed by atoms with E-state index in [0.29, 0.717) is 12.5 Å². The van der Waals surface area contributed by atoms with Gasteiger partial charge in [-0.25, -0.2) is 0 Å². The van der Waals surface area contributed by atoms with Crippen LogP contribution in [0.4, 0.5) is 0 Å². The lowest BCUT2D eigenvalue weighted by Crippen LogP contribution is -1.93. The number of carbonyl (C=O) groups excluding carboxylic acids is 1. The molecule has 0 aliphatic heterocycles. The molecule has 2 heteroatoms. The molecule has 0 bridgehead atoms. The van der Waals surface area contributed by atoms with Gasteiger partial charge in [-0.1, -0.05) is 18.2 Å². The van der Waals surface area contributed by atoms with Crippen molar-refractivity contribution in [1.82, 2.24) is 0 Å². The van der Waals surface area contributed by atoms with Gasteiger partial charge in [0.2, 0.25) is 0 Å². The maximum Gasteiger partial charge on any atom is 0.158 e. The third-order valence-corrected chi connectivity index (χ3v) is 2.61. The second-order valence-electron chi connectivity index (χ2n) is 4.01. The summed E-state index contributed by atoms with van der Waals surface area (Å²) >= 11 is 0. The third-order valence-electron chi connectivity index (χ3n) is 2.61. The fourth-order valence-corrected chi connectivity index (χ4v) is 1.52. The van der Waals surface area contributed by atoms with Crippen LogP contribution in [0.15, 0.2) is 30.3 Å². The zero-order valence-corrected chi connectivity index (χ0v) is 9.48. The number of ketones is 1. The number of rotatable bonds is 5. The molecular weight excluding hydrogens is 200 g/mol. The zero-order chi connectivity index (χ0) is 11.4. The molecule has 1 aromatic carbocycles. The Balaban J connectivity index is 1.95. The van der Waals surface area contributed by atoms with Crippen molar-refractivity contribution in [2.75, 3.05) is 6.61 Å². The first kappa shape index (κ1) is 10.9. The van der Waals surface area contributed by atoms with Crippen LogP contribution in [0.1, 0.15) is 25.3 Å². The van der Waals surface area contributed by atoms with E-state index >= 15 is 0 Å². The minimum Gasteiger partial charge on any atom is -0.494 e. The molecule has 0 heterocycles. The van der Waals surface area contributed by atoms with Gasteiger partial charge in [-0.3, -0.25) is 4.79 Å². The molecule has 1 fully saturated rings. The number of allylic oxidation sites excluding steroid dienone is 1. The summed E-state index contributed by atoms with van der Waals surface area (Å²) in [4.78, 5) is 11.4. The minimum atomic E-state index is 0.258. The van der Waals surface area contributed by atoms with E-state index in [2.05, 4.69) is 0 Å². The molecule has 0 unspecified atom stereocenters. The van der Waals surface area contributed by atoms with Crippen LogP contribution in [0.3, 0.4) is 0 Å². The molecule has 0 amide bonds. The lowest BCUT2D eigenvalue weighted by molar-refractivity contribution is -0.115. The molecule has 0 saturated heterocycles. The van der Waals surface area contributed by atoms with Gasteiger partial charge in [0.1, 0.15) is 5.75 Å². The summed E-state index contributed by atoms with van der Waals surface area (Å²) in [5, 5.41) is 0. The van der Waals surface area contributed by atoms with Crippen LogP contribution in [0.2, 0.25) is 0 Å². The van der Waals surface area contributed by atoms with Crippen LogP contribution in [-0.2, 0) is 4.79 Å². The SMILES string of the molecule is CCOc1ccc(/C=C/C(=O)C2CC2)cc1. The Labute approximate surface area is 95.9 Å². The Morgan fingerprint density at radius 1 is 1.38 bits per heavy atom. The smallest absolute Gasteiger partial charge is 0.158 e. The summed E-state index contributed by atoms with van der Waals surface area (Å²) in [7, 11) is 0. The van der Waals surface area contributed by atoms with Crippen molar-refractivity contribution < 1.29 is 9.53 Å². The van der Waals surface area contributed by atoms with Crippen LogP contribution in [-0.4, -0.2) is 12.4 Å². The molecule has 0 radical (unpaired) electrons. The molecule has 1 aliphatic rings. The van der Waals surface area contributed by atoms with Crippen molar-refractivity contribution in [1.29, 1.82) is 0 Å². The number of hydrogen-bond acceptors (Lipinski definition) is 2. The van der Waals surface area contributed by atoms with Gasteiger partial charge in [-0.2, -0.15) is 0 Å². The van der Waals surface area contributed by atoms with Crippen molar-refractivity contribution in [3.63, 3.8) is 0 Å². The lowest BCUT2D eigenvalue weighted by atomic mass is 10.1. The molecule has 84 valence electrons. The molecule has 0 aromatic heterocycles. The normalized spacial score (nSPS) is 15.3. The van der Waals surface area contributed by atoms with Gasteiger partial charge in [-0.05, 0) is 43.5 Å². The van der Waals surface area contributed by atoms with Crippen molar-refractivity contribution in [3.8, 4) is 5.75 Å². The van der Waals surface area contributed by atoms with Crippen LogP contribution in [0.25, 0.3) is 6.08 Å². The van der Waals surface area contributed by atoms with Gasteiger partial charge in [0.15, 0.2) is 5.78 Å². The molecule has 0 spiro atoms. The first-order valence-electron chi connectivity index (χ1n) is 5.74. The quantitative estimate of drug-likeness (QED) is 0.707. The molecule has 16 heavy (non-hydrogen) atoms. The van der Waals surface area contributed by atoms with E-state index in [1.54, 1.807) is 6.08 Å². The van der Waals surface area contributed by atoms with Crippen LogP contribution in [0, 0.1) is 5.92 Å². The van der Waals surface area contributed by atoms with Gasteiger partial charge in [0.25, 0.3) is 0 Å². The van der Waals surface area contributed by atoms with E-state index in [4.69, 9.17) is 4.74 Å². The highest BCUT2D eigenvalue weighted by molar-refractivity contribution is 5.96. The van der Waals surface area contributed by atoms with Gasteiger partial charge >= 0.3 is 0 Å². The number of benzene rings is 1. The number of hydrogen-bond donors (Lipinski definition) is 0. The first-order valence-corrected chi connectivity index (χ1v) is 5.74. The van der Waals surface area contributed by atoms with Gasteiger partial charge in [-0.15, -0.1) is 0 Å². The Bertz CT molecular complexity index is 386. The molecule has 0 atom stereocenters. The average Bonchev–Trinajstić information content (AvgIpc) is 3.12. The van der Waals surface area contributed by atoms with Gasteiger partial charge < -0.3 is 4.74 Å². The van der Waals surface area contributed by atoms with Gasteiger partial charge in [0, 0.05) is 5.92 Å². The topological polar surface area (TPSA) is 26.3 Å². The van der Waals surface area contributed by atoms with E-state index < -0.39 is 0 Å². The lowest BCUT2D eigenvalue weighted by Gasteiger charge is -2.02. The molecule has 1 aliphatic carbocycles. The summed E-state index contributed by atoms with van der Waals surface area (Å²) < 4.78 is 5.34. The van der Waals surface area contributed by atoms with Crippen molar-refractivity contribution in [3.05, 3.63) is 35.9 Å². The minimum absolute atomic E-state index is 0.258. The standard InChI is InChI=1S/C14H16O2/c1-2-16-13-8-3-11(4-9-13)5-10-14(15)12-6-7-12/h3-5,8-10,12H,2,6-7H2,1H3/b10-5+. The Kier molecular flexibility index (Phi) is 3.40. The Morgan fingerprint density at radius 3 is 2.62 bits per heavy atom. The predicted octanol–water partition coefficient (Wildman–Crippen LogP) is 3.08. The van der Waals surface area contributed by atoms with E-state index in [1.165, 1.54) is 0 Å². The summed E-state index contributed by atoms with van der Waals surface area (Å²) in [6.07, 6.45) is 5.68. The average molecular weight is 216 g/mol. The number of ether oxygens (including phenoxy) is 1. The van der Waals surface area contributed by atoms with E-state index in [9.17, 15) is 4.79 Å². The van der Waals surface area contributed by atoms with Crippen molar-refractivity contribution in [2.45, 2.75) is 19.8 Å². The van der Waals surface area contributed by atoms with Crippen LogP contribution < -0.4 is 4.74 Å². The fraction of sp³-hybridized carbons (Fsp3) is 0.357. The van der Waals surface area contributed by atoms with Crippen LogP contribution >= 0.6 is 0 Å². The largest absolute Gasteiger partial charge is 0.494 e. The fourth-order valence-electron chi connectivity index (χ4n) is 1.52. The summed E-state index contributed by atoms with van der Waals surface area (Å²) in [6, 6.07) is 7.76. The molecule has 1 aromatic rings. The number of carbonyl (C=O) groups is 1. The summed E-state index contributed by atoms with van der Waals surface area (Å²) in [6.45, 7) is 2.64. The summed E-state index contributed by atoms with van der Waals surface area (Å²) in [5.41, 5.74) is 1.04. The van der Waals surface area contributed by atoms with E-state index in [0.717, 1.165) is 24.2 Å². The second-order valence-corrected chi connectivity index (χ2v) is 4.01. The highest BCUT2D eigenvalue weighted by Gasteiger charge is 2.27. The summed E-state index contributed by atoms with van der Waals surface area (Å²) in [5.74, 6) is 1.43. The van der Waals surface area contributed by atoms with Crippen molar-refractivity contribution >= 4 is 11.9 Å². The second kappa shape index (κ2) is 4.97.